The number of nitrogens with one attached hydrogen (secondary N) is 1. The minimum Gasteiger partial charge on any atom is -0.379 e. The molecule has 1 N–H and O–H groups in total. The average molecular weight is 371 g/mol. The summed E-state index contributed by atoms with van der Waals surface area (Å²) >= 11 is 0. The second-order valence-corrected chi connectivity index (χ2v) is 7.36. The molecule has 1 aromatic rings. The van der Waals surface area contributed by atoms with Gasteiger partial charge in [0, 0.05) is 58.0 Å². The number of amides is 1. The van der Waals surface area contributed by atoms with E-state index < -0.39 is 0 Å². The topological polar surface area (TPSA) is 60.4 Å². The minimum atomic E-state index is 0.182. The van der Waals surface area contributed by atoms with Gasteiger partial charge in [0.25, 0.3) is 0 Å². The van der Waals surface area contributed by atoms with Crippen LogP contribution in [0.4, 0.5) is 5.69 Å². The molecular formula is C20H29N5O2. The van der Waals surface area contributed by atoms with E-state index in [0.29, 0.717) is 25.6 Å². The Morgan fingerprint density at radius 3 is 2.89 bits per heavy atom. The normalized spacial score (nSPS) is 23.8. The zero-order valence-electron chi connectivity index (χ0n) is 16.1. The molecule has 3 heterocycles. The van der Waals surface area contributed by atoms with E-state index in [-0.39, 0.29) is 5.91 Å². The molecule has 1 atom stereocenters. The quantitative estimate of drug-likeness (QED) is 0.619. The number of likely N-dealkylation sites (tertiary alicyclic amines) is 1. The van der Waals surface area contributed by atoms with Gasteiger partial charge in [0.1, 0.15) is 0 Å². The number of morpholine rings is 1. The molecule has 3 aliphatic rings. The van der Waals surface area contributed by atoms with E-state index in [1.54, 1.807) is 0 Å². The molecule has 146 valence electrons. The lowest BCUT2D eigenvalue weighted by molar-refractivity contribution is -0.117. The molecule has 4 rings (SSSR count). The fourth-order valence-corrected chi connectivity index (χ4v) is 4.35. The average Bonchev–Trinajstić information content (AvgIpc) is 3.31. The van der Waals surface area contributed by atoms with Gasteiger partial charge in [0.15, 0.2) is 5.96 Å². The number of carbonyl (C=O) groups excluding carboxylic acids is 1. The van der Waals surface area contributed by atoms with Crippen molar-refractivity contribution in [3.63, 3.8) is 0 Å². The van der Waals surface area contributed by atoms with Crippen LogP contribution in [0.2, 0.25) is 0 Å². The smallest absolute Gasteiger partial charge is 0.231 e. The molecule has 1 unspecified atom stereocenters. The van der Waals surface area contributed by atoms with Crippen molar-refractivity contribution in [3.8, 4) is 0 Å². The summed E-state index contributed by atoms with van der Waals surface area (Å²) < 4.78 is 5.47. The van der Waals surface area contributed by atoms with Crippen LogP contribution in [-0.2, 0) is 16.0 Å². The van der Waals surface area contributed by atoms with Crippen LogP contribution in [0.15, 0.2) is 29.3 Å². The number of fused-ring (bicyclic) bond motifs is 1. The first kappa shape index (κ1) is 18.3. The van der Waals surface area contributed by atoms with E-state index in [9.17, 15) is 4.79 Å². The molecule has 1 amide bonds. The molecule has 3 aliphatic heterocycles. The summed E-state index contributed by atoms with van der Waals surface area (Å²) in [4.78, 5) is 23.5. The van der Waals surface area contributed by atoms with E-state index in [2.05, 4.69) is 20.1 Å². The lowest BCUT2D eigenvalue weighted by Crippen LogP contribution is -2.47. The SMILES string of the molecule is CN=C(NCCN1C(=O)Cc2ccccc21)N1CCC(N2CCOCC2)C1. The molecular weight excluding hydrogens is 342 g/mol. The van der Waals surface area contributed by atoms with Gasteiger partial charge in [0.05, 0.1) is 19.6 Å². The third-order valence-electron chi connectivity index (χ3n) is 5.78. The molecule has 0 spiro atoms. The van der Waals surface area contributed by atoms with E-state index in [0.717, 1.165) is 56.6 Å². The molecule has 0 saturated carbocycles. The Labute approximate surface area is 161 Å². The van der Waals surface area contributed by atoms with Crippen molar-refractivity contribution in [2.45, 2.75) is 18.9 Å². The van der Waals surface area contributed by atoms with Crippen molar-refractivity contribution in [1.82, 2.24) is 15.1 Å². The summed E-state index contributed by atoms with van der Waals surface area (Å²) in [5.41, 5.74) is 2.17. The highest BCUT2D eigenvalue weighted by molar-refractivity contribution is 6.01. The number of guanidine groups is 1. The van der Waals surface area contributed by atoms with Crippen LogP contribution >= 0.6 is 0 Å². The van der Waals surface area contributed by atoms with Crippen LogP contribution in [0.5, 0.6) is 0 Å². The summed E-state index contributed by atoms with van der Waals surface area (Å²) in [5.74, 6) is 1.12. The van der Waals surface area contributed by atoms with Gasteiger partial charge in [-0.05, 0) is 18.1 Å². The largest absolute Gasteiger partial charge is 0.379 e. The van der Waals surface area contributed by atoms with Crippen molar-refractivity contribution < 1.29 is 9.53 Å². The number of benzene rings is 1. The third-order valence-corrected chi connectivity index (χ3v) is 5.78. The molecule has 2 fully saturated rings. The number of rotatable bonds is 4. The van der Waals surface area contributed by atoms with Crippen LogP contribution in [-0.4, -0.2) is 87.2 Å². The summed E-state index contributed by atoms with van der Waals surface area (Å²) in [7, 11) is 1.83. The maximum atomic E-state index is 12.3. The number of anilines is 1. The number of nitrogens with zero attached hydrogens (tertiary/aromatic N) is 4. The maximum absolute atomic E-state index is 12.3. The number of aliphatic imine (C=N–C) groups is 1. The summed E-state index contributed by atoms with van der Waals surface area (Å²) in [5, 5.41) is 3.45. The lowest BCUT2D eigenvalue weighted by Gasteiger charge is -2.32. The Kier molecular flexibility index (Phi) is 5.59. The van der Waals surface area contributed by atoms with Crippen LogP contribution in [0, 0.1) is 0 Å². The Morgan fingerprint density at radius 2 is 2.07 bits per heavy atom. The fraction of sp³-hybridized carbons (Fsp3) is 0.600. The molecule has 2 saturated heterocycles. The van der Waals surface area contributed by atoms with Crippen LogP contribution in [0.1, 0.15) is 12.0 Å². The monoisotopic (exact) mass is 371 g/mol. The minimum absolute atomic E-state index is 0.182. The Balaban J connectivity index is 1.28. The van der Waals surface area contributed by atoms with Crippen LogP contribution in [0.25, 0.3) is 0 Å². The molecule has 1 aromatic carbocycles. The Hall–Kier alpha value is -2.12. The molecule has 7 heteroatoms. The van der Waals surface area contributed by atoms with Gasteiger partial charge < -0.3 is 19.9 Å². The standard InChI is InChI=1S/C20H29N5O2/c1-21-20(24-8-6-17(15-24)23-10-12-27-13-11-23)22-7-9-25-18-5-3-2-4-16(18)14-19(25)26/h2-5,17H,6-15H2,1H3,(H,21,22). The van der Waals surface area contributed by atoms with Gasteiger partial charge >= 0.3 is 0 Å². The number of para-hydroxylation sites is 1. The molecule has 7 nitrogen and oxygen atoms in total. The third kappa shape index (κ3) is 3.94. The highest BCUT2D eigenvalue weighted by Gasteiger charge is 2.30. The molecule has 0 aromatic heterocycles. The second kappa shape index (κ2) is 8.27. The van der Waals surface area contributed by atoms with Crippen molar-refractivity contribution in [1.29, 1.82) is 0 Å². The highest BCUT2D eigenvalue weighted by Crippen LogP contribution is 2.27. The first-order valence-corrected chi connectivity index (χ1v) is 9.92. The zero-order valence-corrected chi connectivity index (χ0v) is 16.1. The fourth-order valence-electron chi connectivity index (χ4n) is 4.35. The predicted octanol–water partition coefficient (Wildman–Crippen LogP) is 0.558. The number of hydrogen-bond donors (Lipinski definition) is 1. The van der Waals surface area contributed by atoms with Gasteiger partial charge in [-0.3, -0.25) is 14.7 Å². The first-order chi connectivity index (χ1) is 13.3. The number of carbonyl (C=O) groups is 1. The maximum Gasteiger partial charge on any atom is 0.231 e. The lowest BCUT2D eigenvalue weighted by atomic mass is 10.2. The van der Waals surface area contributed by atoms with Crippen LogP contribution < -0.4 is 10.2 Å². The first-order valence-electron chi connectivity index (χ1n) is 9.92. The van der Waals surface area contributed by atoms with Gasteiger partial charge in [-0.1, -0.05) is 18.2 Å². The van der Waals surface area contributed by atoms with Crippen molar-refractivity contribution in [2.75, 3.05) is 64.4 Å². The van der Waals surface area contributed by atoms with Gasteiger partial charge in [-0.2, -0.15) is 0 Å². The molecule has 0 aliphatic carbocycles. The molecule has 0 radical (unpaired) electrons. The Bertz CT molecular complexity index is 701. The van der Waals surface area contributed by atoms with Crippen molar-refractivity contribution in [3.05, 3.63) is 29.8 Å². The molecule has 27 heavy (non-hydrogen) atoms. The van der Waals surface area contributed by atoms with E-state index in [1.807, 2.05) is 36.2 Å². The highest BCUT2D eigenvalue weighted by atomic mass is 16.5. The summed E-state index contributed by atoms with van der Waals surface area (Å²) in [6.07, 6.45) is 1.68. The summed E-state index contributed by atoms with van der Waals surface area (Å²) in [6, 6.07) is 8.64. The number of hydrogen-bond acceptors (Lipinski definition) is 4. The second-order valence-electron chi connectivity index (χ2n) is 7.36. The molecule has 0 bridgehead atoms. The van der Waals surface area contributed by atoms with E-state index in [1.165, 1.54) is 6.42 Å². The van der Waals surface area contributed by atoms with Gasteiger partial charge in [-0.15, -0.1) is 0 Å². The summed E-state index contributed by atoms with van der Waals surface area (Å²) in [6.45, 7) is 7.13. The van der Waals surface area contributed by atoms with E-state index >= 15 is 0 Å². The zero-order chi connectivity index (χ0) is 18.6. The number of ether oxygens (including phenoxy) is 1. The van der Waals surface area contributed by atoms with Crippen LogP contribution in [0.3, 0.4) is 0 Å². The van der Waals surface area contributed by atoms with Crippen molar-refractivity contribution in [2.24, 2.45) is 4.99 Å². The van der Waals surface area contributed by atoms with E-state index in [4.69, 9.17) is 4.74 Å². The van der Waals surface area contributed by atoms with Crippen molar-refractivity contribution >= 4 is 17.6 Å². The van der Waals surface area contributed by atoms with Gasteiger partial charge in [-0.25, -0.2) is 0 Å². The predicted molar refractivity (Wildman–Crippen MR) is 106 cm³/mol. The Morgan fingerprint density at radius 1 is 1.26 bits per heavy atom. The van der Waals surface area contributed by atoms with Gasteiger partial charge in [0.2, 0.25) is 5.91 Å².